The Morgan fingerprint density at radius 1 is 0.750 bits per heavy atom. The van der Waals surface area contributed by atoms with E-state index >= 15 is 0 Å². The number of hydrogen-bond acceptors (Lipinski definition) is 0. The molecule has 0 nitrogen and oxygen atoms in total. The third kappa shape index (κ3) is 6.28. The Bertz CT molecular complexity index is 823. The van der Waals surface area contributed by atoms with Crippen LogP contribution < -0.4 is 0 Å². The van der Waals surface area contributed by atoms with Gasteiger partial charge in [0, 0.05) is 5.41 Å². The van der Waals surface area contributed by atoms with E-state index < -0.39 is 0 Å². The fraction of sp³-hybridized carbons (Fsp3) is 0.517. The number of allylic oxidation sites excluding steroid dienone is 1. The SMILES string of the molecule is CCC(CC(C)C)C1(C(CC)CC(C)C)C=C(c2ccccc2)c2ccccc21.[Cl][Ru][Cl]. The van der Waals surface area contributed by atoms with Gasteiger partial charge in [0.2, 0.25) is 0 Å². The van der Waals surface area contributed by atoms with Gasteiger partial charge in [-0.05, 0) is 58.8 Å². The molecule has 2 atom stereocenters. The zero-order chi connectivity index (χ0) is 23.7. The Hall–Kier alpha value is -0.617. The molecule has 0 spiro atoms. The van der Waals surface area contributed by atoms with Crippen molar-refractivity contribution in [2.75, 3.05) is 0 Å². The second-order valence-electron chi connectivity index (χ2n) is 9.92. The summed E-state index contributed by atoms with van der Waals surface area (Å²) in [5.74, 6) is 2.78. The van der Waals surface area contributed by atoms with Gasteiger partial charge in [-0.1, -0.05) is 115 Å². The first-order valence-electron chi connectivity index (χ1n) is 12.1. The third-order valence-electron chi connectivity index (χ3n) is 7.00. The molecule has 2 unspecified atom stereocenters. The van der Waals surface area contributed by atoms with E-state index in [0.717, 1.165) is 11.8 Å². The second kappa shape index (κ2) is 13.3. The first-order chi connectivity index (χ1) is 15.3. The first-order valence-corrected chi connectivity index (χ1v) is 16.6. The summed E-state index contributed by atoms with van der Waals surface area (Å²) >= 11 is -0.346. The van der Waals surface area contributed by atoms with E-state index in [4.69, 9.17) is 19.4 Å². The second-order valence-corrected chi connectivity index (χ2v) is 12.6. The molecule has 0 heterocycles. The van der Waals surface area contributed by atoms with Gasteiger partial charge in [-0.3, -0.25) is 0 Å². The monoisotopic (exact) mass is 560 g/mol. The van der Waals surface area contributed by atoms with Crippen molar-refractivity contribution in [1.82, 2.24) is 0 Å². The van der Waals surface area contributed by atoms with Gasteiger partial charge >= 0.3 is 34.5 Å². The zero-order valence-electron chi connectivity index (χ0n) is 20.5. The van der Waals surface area contributed by atoms with Crippen LogP contribution in [0.5, 0.6) is 0 Å². The number of rotatable bonds is 9. The summed E-state index contributed by atoms with van der Waals surface area (Å²) in [4.78, 5) is 0. The molecule has 0 aromatic heterocycles. The van der Waals surface area contributed by atoms with Gasteiger partial charge in [-0.15, -0.1) is 0 Å². The Kier molecular flexibility index (Phi) is 11.5. The van der Waals surface area contributed by atoms with Crippen molar-refractivity contribution >= 4 is 25.0 Å². The molecule has 0 N–H and O–H groups in total. The normalized spacial score (nSPS) is 19.4. The van der Waals surface area contributed by atoms with Gasteiger partial charge in [0.1, 0.15) is 0 Å². The predicted octanol–water partition coefficient (Wildman–Crippen LogP) is 9.89. The van der Waals surface area contributed by atoms with Crippen LogP contribution in [0.25, 0.3) is 5.57 Å². The fourth-order valence-electron chi connectivity index (χ4n) is 5.89. The van der Waals surface area contributed by atoms with Crippen molar-refractivity contribution in [3.05, 3.63) is 77.4 Å². The van der Waals surface area contributed by atoms with Crippen LogP contribution >= 0.6 is 19.4 Å². The number of benzene rings is 2. The number of halogens is 2. The molecular weight excluding hydrogens is 520 g/mol. The average Bonchev–Trinajstić information content (AvgIpc) is 3.13. The summed E-state index contributed by atoms with van der Waals surface area (Å²) in [6.07, 6.45) is 7.76. The molecule has 2 aromatic rings. The first kappa shape index (κ1) is 27.6. The Labute approximate surface area is 212 Å². The standard InChI is InChI=1S/C29H40.2ClH.Ru/c1-7-24(18-21(3)4)29(25(8-2)19-22(5)6)20-27(23-14-10-9-11-15-23)26-16-12-13-17-28(26)29;;;/h9-17,20-22,24-25H,7-8,18-19H2,1-6H3;2*1H;/q;;;+2/p-2. The van der Waals surface area contributed by atoms with Crippen LogP contribution in [0.15, 0.2) is 60.7 Å². The van der Waals surface area contributed by atoms with Crippen LogP contribution in [0.1, 0.15) is 83.9 Å². The number of hydrogen-bond donors (Lipinski definition) is 0. The molecule has 0 saturated heterocycles. The fourth-order valence-corrected chi connectivity index (χ4v) is 5.89. The molecular formula is C29H40Cl2Ru. The van der Waals surface area contributed by atoms with Crippen LogP contribution in [-0.2, 0) is 20.6 Å². The maximum atomic E-state index is 4.85. The Morgan fingerprint density at radius 3 is 1.69 bits per heavy atom. The molecule has 3 heteroatoms. The topological polar surface area (TPSA) is 0 Å². The van der Waals surface area contributed by atoms with Crippen molar-refractivity contribution in [2.45, 2.75) is 72.6 Å². The van der Waals surface area contributed by atoms with Gasteiger partial charge in [-0.2, -0.15) is 0 Å². The summed E-state index contributed by atoms with van der Waals surface area (Å²) in [6.45, 7) is 14.4. The van der Waals surface area contributed by atoms with E-state index in [1.165, 1.54) is 42.4 Å². The van der Waals surface area contributed by atoms with Crippen molar-refractivity contribution < 1.29 is 15.1 Å². The Balaban J connectivity index is 0.00000114. The van der Waals surface area contributed by atoms with Gasteiger partial charge in [-0.25, -0.2) is 0 Å². The van der Waals surface area contributed by atoms with Crippen molar-refractivity contribution in [2.24, 2.45) is 23.7 Å². The molecule has 178 valence electrons. The average molecular weight is 561 g/mol. The Morgan fingerprint density at radius 2 is 1.22 bits per heavy atom. The molecule has 0 amide bonds. The maximum absolute atomic E-state index is 4.85. The molecule has 32 heavy (non-hydrogen) atoms. The summed E-state index contributed by atoms with van der Waals surface area (Å²) < 4.78 is 0. The summed E-state index contributed by atoms with van der Waals surface area (Å²) in [6, 6.07) is 20.3. The molecule has 0 radical (unpaired) electrons. The van der Waals surface area contributed by atoms with E-state index in [1.807, 2.05) is 0 Å². The summed E-state index contributed by atoms with van der Waals surface area (Å²) in [7, 11) is 9.71. The van der Waals surface area contributed by atoms with E-state index in [0.29, 0.717) is 11.8 Å². The minimum atomic E-state index is -0.346. The molecule has 1 aliphatic carbocycles. The van der Waals surface area contributed by atoms with Gasteiger partial charge in [0.05, 0.1) is 0 Å². The third-order valence-corrected chi connectivity index (χ3v) is 7.00. The van der Waals surface area contributed by atoms with Crippen molar-refractivity contribution in [3.63, 3.8) is 0 Å². The number of fused-ring (bicyclic) bond motifs is 1. The molecule has 0 bridgehead atoms. The van der Waals surface area contributed by atoms with Crippen LogP contribution in [0.4, 0.5) is 0 Å². The predicted molar refractivity (Wildman–Crippen MR) is 140 cm³/mol. The van der Waals surface area contributed by atoms with Crippen molar-refractivity contribution in [1.29, 1.82) is 0 Å². The van der Waals surface area contributed by atoms with Gasteiger partial charge in [0.15, 0.2) is 0 Å². The van der Waals surface area contributed by atoms with Crippen LogP contribution in [-0.4, -0.2) is 0 Å². The van der Waals surface area contributed by atoms with E-state index in [9.17, 15) is 0 Å². The van der Waals surface area contributed by atoms with Crippen LogP contribution in [0.2, 0.25) is 0 Å². The van der Waals surface area contributed by atoms with Crippen LogP contribution in [0, 0.1) is 23.7 Å². The zero-order valence-corrected chi connectivity index (χ0v) is 23.8. The minimum absolute atomic E-state index is 0.139. The molecule has 2 aromatic carbocycles. The molecule has 0 fully saturated rings. The van der Waals surface area contributed by atoms with Gasteiger partial charge in [0.25, 0.3) is 0 Å². The van der Waals surface area contributed by atoms with Gasteiger partial charge < -0.3 is 0 Å². The summed E-state index contributed by atoms with van der Waals surface area (Å²) in [5, 5.41) is 0. The van der Waals surface area contributed by atoms with E-state index in [2.05, 4.69) is 102 Å². The molecule has 3 rings (SSSR count). The molecule has 1 aliphatic rings. The molecule has 0 saturated carbocycles. The van der Waals surface area contributed by atoms with E-state index in [-0.39, 0.29) is 20.6 Å². The van der Waals surface area contributed by atoms with E-state index in [1.54, 1.807) is 5.56 Å². The summed E-state index contributed by atoms with van der Waals surface area (Å²) in [5.41, 5.74) is 5.99. The van der Waals surface area contributed by atoms with Crippen LogP contribution in [0.3, 0.4) is 0 Å². The van der Waals surface area contributed by atoms with Crippen molar-refractivity contribution in [3.8, 4) is 0 Å². The quantitative estimate of drug-likeness (QED) is 0.268. The molecule has 0 aliphatic heterocycles.